The number of rotatable bonds is 3. The molecule has 0 unspecified atom stereocenters. The summed E-state index contributed by atoms with van der Waals surface area (Å²) in [7, 11) is 0. The summed E-state index contributed by atoms with van der Waals surface area (Å²) in [5, 5.41) is 3.23. The lowest BCUT2D eigenvalue weighted by atomic mass is 10.2. The van der Waals surface area contributed by atoms with Crippen molar-refractivity contribution in [2.24, 2.45) is 0 Å². The van der Waals surface area contributed by atoms with Crippen LogP contribution in [0.5, 0.6) is 0 Å². The maximum Gasteiger partial charge on any atom is 0.163 e. The summed E-state index contributed by atoms with van der Waals surface area (Å²) >= 11 is 3.44. The number of nitrogen functional groups attached to an aromatic ring is 1. The number of halogens is 1. The van der Waals surface area contributed by atoms with Crippen LogP contribution in [0.1, 0.15) is 0 Å². The molecule has 0 saturated heterocycles. The zero-order valence-corrected chi connectivity index (χ0v) is 12.7. The van der Waals surface area contributed by atoms with E-state index < -0.39 is 0 Å². The Bertz CT molecular complexity index is 759. The molecule has 0 aliphatic heterocycles. The van der Waals surface area contributed by atoms with E-state index >= 15 is 0 Å². The first-order valence-corrected chi connectivity index (χ1v) is 7.22. The molecule has 3 rings (SSSR count). The molecule has 0 aliphatic rings. The third-order valence-corrected chi connectivity index (χ3v) is 3.37. The Balaban J connectivity index is 1.95. The zero-order valence-electron chi connectivity index (χ0n) is 11.1. The van der Waals surface area contributed by atoms with E-state index in [-0.39, 0.29) is 0 Å². The third-order valence-electron chi connectivity index (χ3n) is 2.87. The van der Waals surface area contributed by atoms with Gasteiger partial charge in [0.05, 0.1) is 0 Å². The first-order chi connectivity index (χ1) is 10.2. The van der Waals surface area contributed by atoms with Crippen LogP contribution < -0.4 is 11.1 Å². The molecule has 1 heterocycles. The summed E-state index contributed by atoms with van der Waals surface area (Å²) < 4.78 is 0.998. The fourth-order valence-corrected chi connectivity index (χ4v) is 2.36. The van der Waals surface area contributed by atoms with Gasteiger partial charge in [-0.1, -0.05) is 52.3 Å². The van der Waals surface area contributed by atoms with Crippen LogP contribution in [0.2, 0.25) is 0 Å². The van der Waals surface area contributed by atoms with Crippen molar-refractivity contribution in [2.45, 2.75) is 0 Å². The quantitative estimate of drug-likeness (QED) is 0.748. The van der Waals surface area contributed by atoms with Gasteiger partial charge in [0.25, 0.3) is 0 Å². The Morgan fingerprint density at radius 3 is 2.48 bits per heavy atom. The second-order valence-electron chi connectivity index (χ2n) is 4.50. The normalized spacial score (nSPS) is 10.3. The second-order valence-corrected chi connectivity index (χ2v) is 5.42. The van der Waals surface area contributed by atoms with Gasteiger partial charge in [0.1, 0.15) is 11.6 Å². The van der Waals surface area contributed by atoms with E-state index in [9.17, 15) is 0 Å². The van der Waals surface area contributed by atoms with Gasteiger partial charge in [0, 0.05) is 21.8 Å². The molecule has 1 aromatic heterocycles. The highest BCUT2D eigenvalue weighted by molar-refractivity contribution is 9.10. The molecule has 0 atom stereocenters. The van der Waals surface area contributed by atoms with E-state index in [4.69, 9.17) is 5.73 Å². The van der Waals surface area contributed by atoms with Gasteiger partial charge in [-0.05, 0) is 18.2 Å². The van der Waals surface area contributed by atoms with Gasteiger partial charge >= 0.3 is 0 Å². The van der Waals surface area contributed by atoms with Crippen molar-refractivity contribution in [3.63, 3.8) is 0 Å². The Labute approximate surface area is 131 Å². The van der Waals surface area contributed by atoms with Crippen molar-refractivity contribution < 1.29 is 0 Å². The van der Waals surface area contributed by atoms with Crippen LogP contribution in [-0.4, -0.2) is 9.97 Å². The first-order valence-electron chi connectivity index (χ1n) is 6.43. The third kappa shape index (κ3) is 3.38. The molecule has 4 nitrogen and oxygen atoms in total. The number of nitrogens with one attached hydrogen (secondary N) is 1. The van der Waals surface area contributed by atoms with Crippen LogP contribution in [0.25, 0.3) is 11.4 Å². The molecular weight excluding hydrogens is 328 g/mol. The number of anilines is 3. The van der Waals surface area contributed by atoms with Crippen LogP contribution in [0.3, 0.4) is 0 Å². The van der Waals surface area contributed by atoms with Gasteiger partial charge in [-0.25, -0.2) is 9.97 Å². The van der Waals surface area contributed by atoms with Gasteiger partial charge in [0.15, 0.2) is 5.82 Å². The van der Waals surface area contributed by atoms with Crippen molar-refractivity contribution in [3.05, 3.63) is 65.1 Å². The lowest BCUT2D eigenvalue weighted by Crippen LogP contribution is -2.00. The fourth-order valence-electron chi connectivity index (χ4n) is 1.96. The maximum atomic E-state index is 5.88. The van der Waals surface area contributed by atoms with E-state index in [0.717, 1.165) is 15.7 Å². The topological polar surface area (TPSA) is 63.8 Å². The van der Waals surface area contributed by atoms with Crippen molar-refractivity contribution in [3.8, 4) is 11.4 Å². The van der Waals surface area contributed by atoms with E-state index in [2.05, 4.69) is 31.2 Å². The molecule has 0 saturated carbocycles. The molecule has 0 amide bonds. The van der Waals surface area contributed by atoms with Crippen molar-refractivity contribution in [2.75, 3.05) is 11.1 Å². The van der Waals surface area contributed by atoms with Crippen LogP contribution in [0.15, 0.2) is 65.1 Å². The molecule has 2 aromatic carbocycles. The Morgan fingerprint density at radius 1 is 0.905 bits per heavy atom. The predicted molar refractivity (Wildman–Crippen MR) is 89.3 cm³/mol. The monoisotopic (exact) mass is 340 g/mol. The van der Waals surface area contributed by atoms with Gasteiger partial charge in [-0.2, -0.15) is 0 Å². The molecule has 5 heteroatoms. The lowest BCUT2D eigenvalue weighted by molar-refractivity contribution is 1.18. The maximum absolute atomic E-state index is 5.88. The summed E-state index contributed by atoms with van der Waals surface area (Å²) in [5.41, 5.74) is 7.74. The summed E-state index contributed by atoms with van der Waals surface area (Å²) in [6.07, 6.45) is 0. The average molecular weight is 341 g/mol. The molecule has 0 spiro atoms. The highest BCUT2D eigenvalue weighted by Crippen LogP contribution is 2.23. The predicted octanol–water partition coefficient (Wildman–Crippen LogP) is 4.23. The van der Waals surface area contributed by atoms with Crippen LogP contribution in [-0.2, 0) is 0 Å². The number of hydrogen-bond donors (Lipinski definition) is 2. The standard InChI is InChI=1S/C16H13BrN4/c17-12-7-4-8-13(9-12)19-15-10-14(18)20-16(21-15)11-5-2-1-3-6-11/h1-10H,(H3,18,19,20,21). The van der Waals surface area contributed by atoms with Crippen LogP contribution in [0.4, 0.5) is 17.3 Å². The highest BCUT2D eigenvalue weighted by atomic mass is 79.9. The van der Waals surface area contributed by atoms with Crippen LogP contribution >= 0.6 is 15.9 Å². The zero-order chi connectivity index (χ0) is 14.7. The van der Waals surface area contributed by atoms with Gasteiger partial charge in [-0.15, -0.1) is 0 Å². The number of hydrogen-bond acceptors (Lipinski definition) is 4. The fraction of sp³-hybridized carbons (Fsp3) is 0. The van der Waals surface area contributed by atoms with E-state index in [0.29, 0.717) is 17.5 Å². The highest BCUT2D eigenvalue weighted by Gasteiger charge is 2.05. The Kier molecular flexibility index (Phi) is 3.83. The Morgan fingerprint density at radius 2 is 1.71 bits per heavy atom. The molecule has 104 valence electrons. The minimum atomic E-state index is 0.432. The van der Waals surface area contributed by atoms with Gasteiger partial charge in [0.2, 0.25) is 0 Å². The smallest absolute Gasteiger partial charge is 0.163 e. The molecule has 0 radical (unpaired) electrons. The molecular formula is C16H13BrN4. The summed E-state index contributed by atoms with van der Waals surface area (Å²) in [5.74, 6) is 1.70. The number of nitrogens with zero attached hydrogens (tertiary/aromatic N) is 2. The molecule has 0 aliphatic carbocycles. The summed E-state index contributed by atoms with van der Waals surface area (Å²) in [4.78, 5) is 8.79. The van der Waals surface area contributed by atoms with E-state index in [1.165, 1.54) is 0 Å². The molecule has 3 aromatic rings. The van der Waals surface area contributed by atoms with E-state index in [1.54, 1.807) is 6.07 Å². The van der Waals surface area contributed by atoms with Crippen molar-refractivity contribution in [1.29, 1.82) is 0 Å². The van der Waals surface area contributed by atoms with E-state index in [1.807, 2.05) is 54.6 Å². The summed E-state index contributed by atoms with van der Waals surface area (Å²) in [6, 6.07) is 19.3. The second kappa shape index (κ2) is 5.93. The molecule has 3 N–H and O–H groups in total. The van der Waals surface area contributed by atoms with Gasteiger partial charge in [-0.3, -0.25) is 0 Å². The van der Waals surface area contributed by atoms with Crippen molar-refractivity contribution >= 4 is 33.3 Å². The minimum absolute atomic E-state index is 0.432. The largest absolute Gasteiger partial charge is 0.384 e. The molecule has 0 fully saturated rings. The molecule has 21 heavy (non-hydrogen) atoms. The number of aromatic nitrogens is 2. The number of benzene rings is 2. The first kappa shape index (κ1) is 13.6. The average Bonchev–Trinajstić information content (AvgIpc) is 2.47. The van der Waals surface area contributed by atoms with Crippen molar-refractivity contribution in [1.82, 2.24) is 9.97 Å². The van der Waals surface area contributed by atoms with Gasteiger partial charge < -0.3 is 11.1 Å². The van der Waals surface area contributed by atoms with Crippen LogP contribution in [0, 0.1) is 0 Å². The molecule has 0 bridgehead atoms. The summed E-state index contributed by atoms with van der Waals surface area (Å²) in [6.45, 7) is 0. The Hall–Kier alpha value is -2.40. The minimum Gasteiger partial charge on any atom is -0.384 e. The lowest BCUT2D eigenvalue weighted by Gasteiger charge is -2.09. The SMILES string of the molecule is Nc1cc(Nc2cccc(Br)c2)nc(-c2ccccc2)n1. The number of nitrogens with two attached hydrogens (primary N) is 1.